The molecule has 1 saturated heterocycles. The Labute approximate surface area is 152 Å². The van der Waals surface area contributed by atoms with Crippen LogP contribution in [-0.2, 0) is 0 Å². The molecule has 1 aromatic carbocycles. The van der Waals surface area contributed by atoms with Crippen LogP contribution in [0, 0.1) is 5.82 Å². The van der Waals surface area contributed by atoms with E-state index in [0.29, 0.717) is 5.69 Å². The number of ether oxygens (including phenoxy) is 1. The highest BCUT2D eigenvalue weighted by molar-refractivity contribution is 6.21. The summed E-state index contributed by atoms with van der Waals surface area (Å²) < 4.78 is 19.6. The van der Waals surface area contributed by atoms with Crippen molar-refractivity contribution in [3.05, 3.63) is 41.6 Å². The summed E-state index contributed by atoms with van der Waals surface area (Å²) in [5, 5.41) is 0. The maximum Gasteiger partial charge on any atom is 0.167 e. The minimum atomic E-state index is -0.388. The maximum atomic E-state index is 14.1. The van der Waals surface area contributed by atoms with Gasteiger partial charge in [-0.2, -0.15) is 0 Å². The molecule has 0 atom stereocenters. The Balaban J connectivity index is 1.59. The molecule has 0 saturated carbocycles. The van der Waals surface area contributed by atoms with E-state index in [-0.39, 0.29) is 17.7 Å². The van der Waals surface area contributed by atoms with Gasteiger partial charge in [0.25, 0.3) is 0 Å². The largest absolute Gasteiger partial charge is 0.488 e. The van der Waals surface area contributed by atoms with Crippen LogP contribution in [0.5, 0.6) is 5.75 Å². The summed E-state index contributed by atoms with van der Waals surface area (Å²) >= 11 is 0. The number of aromatic nitrogens is 2. The van der Waals surface area contributed by atoms with Gasteiger partial charge < -0.3 is 14.5 Å². The van der Waals surface area contributed by atoms with Gasteiger partial charge >= 0.3 is 0 Å². The quantitative estimate of drug-likeness (QED) is 0.720. The number of benzene rings is 1. The van der Waals surface area contributed by atoms with Crippen LogP contribution in [0.1, 0.15) is 25.1 Å². The van der Waals surface area contributed by atoms with Crippen molar-refractivity contribution in [2.45, 2.75) is 20.0 Å². The van der Waals surface area contributed by atoms with Crippen LogP contribution in [0.3, 0.4) is 0 Å². The van der Waals surface area contributed by atoms with E-state index in [2.05, 4.69) is 31.8 Å². The number of rotatable bonds is 4. The first-order valence-corrected chi connectivity index (χ1v) is 8.86. The minimum absolute atomic E-state index is 0.0918. The Hall–Kier alpha value is -2.54. The number of fused-ring (bicyclic) bond motifs is 1. The fraction of sp³-hybridized carbons (Fsp3) is 0.421. The van der Waals surface area contributed by atoms with Crippen LogP contribution >= 0.6 is 0 Å². The predicted molar refractivity (Wildman–Crippen MR) is 99.2 cm³/mol. The van der Waals surface area contributed by atoms with Crippen molar-refractivity contribution in [3.63, 3.8) is 0 Å². The second-order valence-corrected chi connectivity index (χ2v) is 6.98. The molecule has 1 fully saturated rings. The van der Waals surface area contributed by atoms with Crippen molar-refractivity contribution in [1.29, 1.82) is 0 Å². The Morgan fingerprint density at radius 2 is 1.85 bits per heavy atom. The molecule has 0 radical (unpaired) electrons. The number of hydrogen-bond acceptors (Lipinski definition) is 6. The number of nitrogens with zero attached hydrogens (tertiary/aromatic N) is 5. The number of piperazine rings is 1. The lowest BCUT2D eigenvalue weighted by Gasteiger charge is -2.33. The van der Waals surface area contributed by atoms with E-state index in [1.807, 2.05) is 19.9 Å². The third-order valence-electron chi connectivity index (χ3n) is 4.62. The molecule has 26 heavy (non-hydrogen) atoms. The van der Waals surface area contributed by atoms with Crippen LogP contribution in [-0.4, -0.2) is 59.9 Å². The highest BCUT2D eigenvalue weighted by Crippen LogP contribution is 2.37. The zero-order valence-corrected chi connectivity index (χ0v) is 15.2. The van der Waals surface area contributed by atoms with Gasteiger partial charge in [-0.25, -0.2) is 19.4 Å². The second-order valence-electron chi connectivity index (χ2n) is 6.98. The number of anilines is 1. The van der Waals surface area contributed by atoms with Crippen molar-refractivity contribution >= 4 is 17.2 Å². The molecule has 2 aliphatic rings. The number of likely N-dealkylation sites (N-methyl/N-ethyl adjacent to an activating group) is 1. The van der Waals surface area contributed by atoms with Crippen molar-refractivity contribution < 1.29 is 9.13 Å². The van der Waals surface area contributed by atoms with Crippen LogP contribution < -0.4 is 9.64 Å². The maximum absolute atomic E-state index is 14.1. The molecule has 2 aromatic rings. The van der Waals surface area contributed by atoms with Crippen LogP contribution in [0.25, 0.3) is 0 Å². The Kier molecular flexibility index (Phi) is 4.32. The molecular weight excluding hydrogens is 333 g/mol. The highest BCUT2D eigenvalue weighted by Gasteiger charge is 2.26. The summed E-state index contributed by atoms with van der Waals surface area (Å²) in [5.74, 6) is 0.764. The van der Waals surface area contributed by atoms with Crippen molar-refractivity contribution in [2.75, 3.05) is 38.1 Å². The number of hydrogen-bond donors (Lipinski definition) is 0. The molecule has 1 aromatic heterocycles. The van der Waals surface area contributed by atoms with Gasteiger partial charge in [-0.3, -0.25) is 0 Å². The summed E-state index contributed by atoms with van der Waals surface area (Å²) in [7, 11) is 2.12. The molecule has 0 N–H and O–H groups in total. The van der Waals surface area contributed by atoms with E-state index < -0.39 is 0 Å². The standard InChI is InChI=1S/C19H22FN5O/c1-12(2)26-17-8-13-15(9-14(17)20)23-19(13)16-10-18(22-11-21-16)25-6-4-24(3)5-7-25/h8-12H,4-7H2,1-3H3. The van der Waals surface area contributed by atoms with Gasteiger partial charge in [-0.05, 0) is 27.0 Å². The van der Waals surface area contributed by atoms with Crippen LogP contribution in [0.2, 0.25) is 0 Å². The SMILES string of the molecule is CC(C)Oc1cc2c(cc1F)N=C2c1cc(N2CCN(C)CC2)ncn1. The average molecular weight is 355 g/mol. The summed E-state index contributed by atoms with van der Waals surface area (Å²) in [4.78, 5) is 17.8. The molecule has 0 aliphatic carbocycles. The molecule has 136 valence electrons. The highest BCUT2D eigenvalue weighted by atomic mass is 19.1. The van der Waals surface area contributed by atoms with Crippen molar-refractivity contribution in [2.24, 2.45) is 4.99 Å². The topological polar surface area (TPSA) is 53.9 Å². The lowest BCUT2D eigenvalue weighted by molar-refractivity contribution is 0.231. The first kappa shape index (κ1) is 16.9. The van der Waals surface area contributed by atoms with Crippen molar-refractivity contribution in [3.8, 4) is 5.75 Å². The molecule has 0 bridgehead atoms. The molecule has 0 spiro atoms. The summed E-state index contributed by atoms with van der Waals surface area (Å²) in [6.07, 6.45) is 1.48. The minimum Gasteiger partial charge on any atom is -0.488 e. The zero-order valence-electron chi connectivity index (χ0n) is 15.2. The Bertz CT molecular complexity index is 859. The van der Waals surface area contributed by atoms with Gasteiger partial charge in [0.05, 0.1) is 23.2 Å². The lowest BCUT2D eigenvalue weighted by Crippen LogP contribution is -2.44. The molecule has 0 amide bonds. The summed E-state index contributed by atoms with van der Waals surface area (Å²) in [6.45, 7) is 7.65. The van der Waals surface area contributed by atoms with Gasteiger partial charge in [-0.15, -0.1) is 0 Å². The molecule has 0 unspecified atom stereocenters. The van der Waals surface area contributed by atoms with E-state index in [1.165, 1.54) is 6.07 Å². The monoisotopic (exact) mass is 355 g/mol. The van der Waals surface area contributed by atoms with E-state index in [9.17, 15) is 4.39 Å². The Morgan fingerprint density at radius 3 is 2.58 bits per heavy atom. The third kappa shape index (κ3) is 3.14. The molecular formula is C19H22FN5O. The molecule has 3 heterocycles. The van der Waals surface area contributed by atoms with Gasteiger partial charge in [0.1, 0.15) is 12.1 Å². The van der Waals surface area contributed by atoms with Gasteiger partial charge in [0.15, 0.2) is 11.6 Å². The fourth-order valence-corrected chi connectivity index (χ4v) is 3.18. The van der Waals surface area contributed by atoms with E-state index >= 15 is 0 Å². The number of aliphatic imine (C=N–C) groups is 1. The lowest BCUT2D eigenvalue weighted by atomic mass is 9.98. The third-order valence-corrected chi connectivity index (χ3v) is 4.62. The zero-order chi connectivity index (χ0) is 18.3. The molecule has 2 aliphatic heterocycles. The van der Waals surface area contributed by atoms with E-state index in [1.54, 1.807) is 12.4 Å². The number of halogens is 1. The molecule has 4 rings (SSSR count). The van der Waals surface area contributed by atoms with E-state index in [0.717, 1.165) is 49.0 Å². The van der Waals surface area contributed by atoms with E-state index in [4.69, 9.17) is 4.74 Å². The summed E-state index contributed by atoms with van der Waals surface area (Å²) in [6, 6.07) is 5.09. The first-order chi connectivity index (χ1) is 12.5. The van der Waals surface area contributed by atoms with Gasteiger partial charge in [0, 0.05) is 43.9 Å². The average Bonchev–Trinajstić information content (AvgIpc) is 2.61. The van der Waals surface area contributed by atoms with Gasteiger partial charge in [-0.1, -0.05) is 0 Å². The predicted octanol–water partition coefficient (Wildman–Crippen LogP) is 2.64. The first-order valence-electron chi connectivity index (χ1n) is 8.86. The normalized spacial score (nSPS) is 17.0. The fourth-order valence-electron chi connectivity index (χ4n) is 3.18. The summed E-state index contributed by atoms with van der Waals surface area (Å²) in [5.41, 5.74) is 3.01. The Morgan fingerprint density at radius 1 is 1.08 bits per heavy atom. The molecule has 7 heteroatoms. The van der Waals surface area contributed by atoms with Gasteiger partial charge in [0.2, 0.25) is 0 Å². The van der Waals surface area contributed by atoms with Crippen molar-refractivity contribution in [1.82, 2.24) is 14.9 Å². The smallest absolute Gasteiger partial charge is 0.167 e. The second kappa shape index (κ2) is 6.64. The van der Waals surface area contributed by atoms with Crippen LogP contribution in [0.15, 0.2) is 29.5 Å². The van der Waals surface area contributed by atoms with Crippen LogP contribution in [0.4, 0.5) is 15.9 Å². The molecule has 6 nitrogen and oxygen atoms in total.